The molecule has 0 radical (unpaired) electrons. The summed E-state index contributed by atoms with van der Waals surface area (Å²) in [7, 11) is 0. The minimum Gasteiger partial charge on any atom is -0.307 e. The molecule has 2 heterocycles. The first-order valence-electron chi connectivity index (χ1n) is 7.47. The summed E-state index contributed by atoms with van der Waals surface area (Å²) in [6.45, 7) is 6.09. The molecule has 1 aromatic carbocycles. The molecule has 3 rings (SSSR count). The van der Waals surface area contributed by atoms with Gasteiger partial charge >= 0.3 is 0 Å². The van der Waals surface area contributed by atoms with Crippen LogP contribution in [0.5, 0.6) is 0 Å². The summed E-state index contributed by atoms with van der Waals surface area (Å²) in [5.74, 6) is 0.0786. The van der Waals surface area contributed by atoms with Crippen molar-refractivity contribution in [2.45, 2.75) is 33.2 Å². The fourth-order valence-electron chi connectivity index (χ4n) is 2.75. The first-order valence-corrected chi connectivity index (χ1v) is 7.47. The summed E-state index contributed by atoms with van der Waals surface area (Å²) in [6, 6.07) is 9.93. The normalized spacial score (nSPS) is 14.6. The Morgan fingerprint density at radius 2 is 1.86 bits per heavy atom. The maximum Gasteiger partial charge on any atom is 0.233 e. The number of hydrogen-bond acceptors (Lipinski definition) is 3. The van der Waals surface area contributed by atoms with E-state index in [4.69, 9.17) is 4.99 Å². The zero-order chi connectivity index (χ0) is 15.7. The van der Waals surface area contributed by atoms with Gasteiger partial charge in [-0.1, -0.05) is 6.07 Å². The van der Waals surface area contributed by atoms with Gasteiger partial charge in [0.1, 0.15) is 0 Å². The van der Waals surface area contributed by atoms with Gasteiger partial charge in [-0.2, -0.15) is 0 Å². The second-order valence-electron chi connectivity index (χ2n) is 5.82. The van der Waals surface area contributed by atoms with E-state index in [1.807, 2.05) is 56.0 Å². The lowest BCUT2D eigenvalue weighted by Crippen LogP contribution is -2.37. The van der Waals surface area contributed by atoms with Gasteiger partial charge in [-0.15, -0.1) is 0 Å². The number of rotatable bonds is 2. The number of carbonyl (C=O) groups is 1. The quantitative estimate of drug-likeness (QED) is 0.848. The SMILES string of the molecule is Cc1ccc2c(c1)N(C(C)C)C(=O)CC(c1ccncc1)=N2. The van der Waals surface area contributed by atoms with Gasteiger partial charge in [0.25, 0.3) is 0 Å². The molecule has 4 heteroatoms. The lowest BCUT2D eigenvalue weighted by Gasteiger charge is -2.26. The van der Waals surface area contributed by atoms with Crippen molar-refractivity contribution >= 4 is 23.0 Å². The van der Waals surface area contributed by atoms with Crippen LogP contribution in [0.1, 0.15) is 31.4 Å². The molecule has 1 amide bonds. The Bertz CT molecular complexity index is 735. The van der Waals surface area contributed by atoms with E-state index in [0.29, 0.717) is 6.42 Å². The summed E-state index contributed by atoms with van der Waals surface area (Å²) < 4.78 is 0. The van der Waals surface area contributed by atoms with E-state index < -0.39 is 0 Å². The molecular weight excluding hydrogens is 274 g/mol. The zero-order valence-electron chi connectivity index (χ0n) is 13.1. The molecule has 4 nitrogen and oxygen atoms in total. The van der Waals surface area contributed by atoms with Crippen LogP contribution in [0.2, 0.25) is 0 Å². The predicted molar refractivity (Wildman–Crippen MR) is 88.9 cm³/mol. The number of pyridine rings is 1. The number of fused-ring (bicyclic) bond motifs is 1. The first kappa shape index (κ1) is 14.4. The van der Waals surface area contributed by atoms with Crippen LogP contribution in [0.3, 0.4) is 0 Å². The van der Waals surface area contributed by atoms with Gasteiger partial charge < -0.3 is 4.90 Å². The van der Waals surface area contributed by atoms with E-state index in [1.54, 1.807) is 12.4 Å². The van der Waals surface area contributed by atoms with Crippen LogP contribution in [0.15, 0.2) is 47.7 Å². The Kier molecular flexibility index (Phi) is 3.75. The summed E-state index contributed by atoms with van der Waals surface area (Å²) in [5, 5.41) is 0. The van der Waals surface area contributed by atoms with E-state index >= 15 is 0 Å². The Hall–Kier alpha value is -2.49. The largest absolute Gasteiger partial charge is 0.307 e. The summed E-state index contributed by atoms with van der Waals surface area (Å²) >= 11 is 0. The smallest absolute Gasteiger partial charge is 0.233 e. The molecule has 0 fully saturated rings. The molecule has 0 unspecified atom stereocenters. The Balaban J connectivity index is 2.16. The minimum absolute atomic E-state index is 0.0786. The second kappa shape index (κ2) is 5.72. The van der Waals surface area contributed by atoms with Crippen molar-refractivity contribution in [3.05, 3.63) is 53.9 Å². The third kappa shape index (κ3) is 2.64. The van der Waals surface area contributed by atoms with E-state index in [-0.39, 0.29) is 11.9 Å². The second-order valence-corrected chi connectivity index (χ2v) is 5.82. The average Bonchev–Trinajstić information content (AvgIpc) is 2.63. The molecule has 2 aromatic rings. The molecule has 1 aliphatic heterocycles. The Morgan fingerprint density at radius 1 is 1.14 bits per heavy atom. The molecule has 1 aliphatic rings. The molecule has 0 aliphatic carbocycles. The molecule has 0 bridgehead atoms. The van der Waals surface area contributed by atoms with Crippen molar-refractivity contribution in [2.24, 2.45) is 4.99 Å². The average molecular weight is 293 g/mol. The number of carbonyl (C=O) groups excluding carboxylic acids is 1. The van der Waals surface area contributed by atoms with E-state index in [1.165, 1.54) is 0 Å². The van der Waals surface area contributed by atoms with Gasteiger partial charge in [-0.3, -0.25) is 14.8 Å². The molecule has 1 aromatic heterocycles. The van der Waals surface area contributed by atoms with Crippen LogP contribution in [0.4, 0.5) is 11.4 Å². The van der Waals surface area contributed by atoms with Crippen molar-refractivity contribution in [2.75, 3.05) is 4.90 Å². The third-order valence-corrected chi connectivity index (χ3v) is 3.76. The molecule has 0 saturated carbocycles. The number of hydrogen-bond donors (Lipinski definition) is 0. The fourth-order valence-corrected chi connectivity index (χ4v) is 2.75. The number of aromatic nitrogens is 1. The summed E-state index contributed by atoms with van der Waals surface area (Å²) in [4.78, 5) is 23.4. The van der Waals surface area contributed by atoms with E-state index in [0.717, 1.165) is 28.2 Å². The fraction of sp³-hybridized carbons (Fsp3) is 0.278. The number of nitrogens with zero attached hydrogens (tertiary/aromatic N) is 3. The Morgan fingerprint density at radius 3 is 2.55 bits per heavy atom. The van der Waals surface area contributed by atoms with Crippen molar-refractivity contribution < 1.29 is 4.79 Å². The van der Waals surface area contributed by atoms with Crippen LogP contribution in [-0.2, 0) is 4.79 Å². The van der Waals surface area contributed by atoms with Crippen LogP contribution >= 0.6 is 0 Å². The van der Waals surface area contributed by atoms with Gasteiger partial charge in [-0.25, -0.2) is 0 Å². The Labute approximate surface area is 130 Å². The van der Waals surface area contributed by atoms with Crippen LogP contribution in [0, 0.1) is 6.92 Å². The highest BCUT2D eigenvalue weighted by Gasteiger charge is 2.26. The zero-order valence-corrected chi connectivity index (χ0v) is 13.1. The minimum atomic E-state index is 0.0786. The van der Waals surface area contributed by atoms with Crippen LogP contribution in [0.25, 0.3) is 0 Å². The maximum absolute atomic E-state index is 12.7. The lowest BCUT2D eigenvalue weighted by molar-refractivity contribution is -0.117. The molecule has 0 atom stereocenters. The number of amides is 1. The van der Waals surface area contributed by atoms with Crippen molar-refractivity contribution in [3.63, 3.8) is 0 Å². The van der Waals surface area contributed by atoms with Gasteiger partial charge in [-0.05, 0) is 56.2 Å². The standard InChI is InChI=1S/C18H19N3O/c1-12(2)21-17-10-13(3)4-5-15(17)20-16(11-18(21)22)14-6-8-19-9-7-14/h4-10,12H,11H2,1-3H3. The maximum atomic E-state index is 12.7. The van der Waals surface area contributed by atoms with Crippen molar-refractivity contribution in [3.8, 4) is 0 Å². The highest BCUT2D eigenvalue weighted by atomic mass is 16.2. The van der Waals surface area contributed by atoms with E-state index in [9.17, 15) is 4.79 Å². The van der Waals surface area contributed by atoms with Crippen LogP contribution < -0.4 is 4.90 Å². The number of anilines is 1. The monoisotopic (exact) mass is 293 g/mol. The first-order chi connectivity index (χ1) is 10.6. The van der Waals surface area contributed by atoms with Gasteiger partial charge in [0.05, 0.1) is 23.5 Å². The molecule has 0 N–H and O–H groups in total. The highest BCUT2D eigenvalue weighted by molar-refractivity contribution is 6.17. The molecule has 0 spiro atoms. The number of aliphatic imine (C=N–C) groups is 1. The molecule has 22 heavy (non-hydrogen) atoms. The molecule has 112 valence electrons. The summed E-state index contributed by atoms with van der Waals surface area (Å²) in [6.07, 6.45) is 3.75. The molecular formula is C18H19N3O. The molecule has 0 saturated heterocycles. The number of aryl methyl sites for hydroxylation is 1. The topological polar surface area (TPSA) is 45.6 Å². The van der Waals surface area contributed by atoms with Crippen LogP contribution in [-0.4, -0.2) is 22.6 Å². The van der Waals surface area contributed by atoms with Crippen molar-refractivity contribution in [1.82, 2.24) is 4.98 Å². The lowest BCUT2D eigenvalue weighted by atomic mass is 10.1. The third-order valence-electron chi connectivity index (χ3n) is 3.76. The highest BCUT2D eigenvalue weighted by Crippen LogP contribution is 2.35. The van der Waals surface area contributed by atoms with Gasteiger partial charge in [0.15, 0.2) is 0 Å². The van der Waals surface area contributed by atoms with Gasteiger partial charge in [0, 0.05) is 18.4 Å². The van der Waals surface area contributed by atoms with E-state index in [2.05, 4.69) is 4.98 Å². The predicted octanol–water partition coefficient (Wildman–Crippen LogP) is 3.66. The number of benzene rings is 1. The van der Waals surface area contributed by atoms with Gasteiger partial charge in [0.2, 0.25) is 5.91 Å². The van der Waals surface area contributed by atoms with Crippen molar-refractivity contribution in [1.29, 1.82) is 0 Å². The summed E-state index contributed by atoms with van der Waals surface area (Å²) in [5.41, 5.74) is 4.60.